The van der Waals surface area contributed by atoms with Crippen LogP contribution in [0.1, 0.15) is 12.5 Å². The van der Waals surface area contributed by atoms with Gasteiger partial charge in [-0.25, -0.2) is 0 Å². The Bertz CT molecular complexity index is 667. The maximum atomic E-state index is 12.7. The second-order valence-corrected chi connectivity index (χ2v) is 7.49. The van der Waals surface area contributed by atoms with E-state index < -0.39 is 0 Å². The van der Waals surface area contributed by atoms with Crippen molar-refractivity contribution in [3.8, 4) is 0 Å². The summed E-state index contributed by atoms with van der Waals surface area (Å²) in [4.78, 5) is 23.7. The minimum absolute atomic E-state index is 0. The number of morpholine rings is 1. The molecule has 0 spiro atoms. The summed E-state index contributed by atoms with van der Waals surface area (Å²) in [7, 11) is 0. The zero-order valence-electron chi connectivity index (χ0n) is 17.0. The number of ether oxygens (including phenoxy) is 1. The molecule has 2 fully saturated rings. The number of nitrogens with zero attached hydrogens (tertiary/aromatic N) is 4. The first-order valence-corrected chi connectivity index (χ1v) is 10.4. The van der Waals surface area contributed by atoms with E-state index in [0.717, 1.165) is 64.0 Å². The zero-order valence-corrected chi connectivity index (χ0v) is 20.1. The third kappa shape index (κ3) is 7.58. The van der Waals surface area contributed by atoms with Gasteiger partial charge < -0.3 is 19.9 Å². The Labute approximate surface area is 195 Å². The lowest BCUT2D eigenvalue weighted by Gasteiger charge is -2.36. The van der Waals surface area contributed by atoms with Gasteiger partial charge in [0.25, 0.3) is 0 Å². The Hall–Kier alpha value is -1.10. The van der Waals surface area contributed by atoms with Gasteiger partial charge in [-0.3, -0.25) is 14.7 Å². The summed E-state index contributed by atoms with van der Waals surface area (Å²) in [5, 5.41) is 4.04. The molecule has 29 heavy (non-hydrogen) atoms. The molecular weight excluding hydrogens is 505 g/mol. The van der Waals surface area contributed by atoms with Crippen LogP contribution < -0.4 is 5.32 Å². The average molecular weight is 536 g/mol. The first-order chi connectivity index (χ1) is 13.7. The van der Waals surface area contributed by atoms with Crippen LogP contribution in [0.5, 0.6) is 0 Å². The summed E-state index contributed by atoms with van der Waals surface area (Å²) >= 11 is 5.94. The average Bonchev–Trinajstić information content (AvgIpc) is 2.71. The van der Waals surface area contributed by atoms with Crippen LogP contribution in [0.4, 0.5) is 0 Å². The molecular formula is C20H31ClIN5O2. The molecule has 2 heterocycles. The van der Waals surface area contributed by atoms with E-state index in [4.69, 9.17) is 21.3 Å². The molecule has 0 aromatic heterocycles. The molecule has 1 N–H and O–H groups in total. The van der Waals surface area contributed by atoms with Gasteiger partial charge in [0.1, 0.15) is 0 Å². The van der Waals surface area contributed by atoms with E-state index in [0.29, 0.717) is 24.7 Å². The largest absolute Gasteiger partial charge is 0.379 e. The van der Waals surface area contributed by atoms with Crippen LogP contribution in [0.3, 0.4) is 0 Å². The Kier molecular flexibility index (Phi) is 10.5. The van der Waals surface area contributed by atoms with E-state index in [1.165, 1.54) is 0 Å². The van der Waals surface area contributed by atoms with Crippen molar-refractivity contribution in [2.75, 3.05) is 65.6 Å². The van der Waals surface area contributed by atoms with Gasteiger partial charge in [-0.1, -0.05) is 23.7 Å². The molecule has 0 unspecified atom stereocenters. The molecule has 7 nitrogen and oxygen atoms in total. The number of carbonyl (C=O) groups excluding carboxylic acids is 1. The number of amides is 1. The highest BCUT2D eigenvalue weighted by atomic mass is 127. The van der Waals surface area contributed by atoms with Gasteiger partial charge in [-0.2, -0.15) is 0 Å². The summed E-state index contributed by atoms with van der Waals surface area (Å²) in [6, 6.07) is 7.67. The summed E-state index contributed by atoms with van der Waals surface area (Å²) in [6.07, 6.45) is 0. The third-order valence-electron chi connectivity index (χ3n) is 5.02. The summed E-state index contributed by atoms with van der Waals surface area (Å²) < 4.78 is 5.38. The molecule has 1 aromatic rings. The first kappa shape index (κ1) is 24.2. The number of piperazine rings is 1. The number of guanidine groups is 1. The summed E-state index contributed by atoms with van der Waals surface area (Å²) in [6.45, 7) is 10.5. The number of hydrogen-bond donors (Lipinski definition) is 1. The molecule has 1 aromatic carbocycles. The fraction of sp³-hybridized carbons (Fsp3) is 0.600. The van der Waals surface area contributed by atoms with Crippen molar-refractivity contribution < 1.29 is 9.53 Å². The third-order valence-corrected chi connectivity index (χ3v) is 5.27. The van der Waals surface area contributed by atoms with Crippen LogP contribution in [0, 0.1) is 0 Å². The fourth-order valence-electron chi connectivity index (χ4n) is 3.41. The Morgan fingerprint density at radius 3 is 2.55 bits per heavy atom. The molecule has 0 aliphatic carbocycles. The number of nitrogens with one attached hydrogen (secondary N) is 1. The van der Waals surface area contributed by atoms with Crippen molar-refractivity contribution in [1.29, 1.82) is 0 Å². The van der Waals surface area contributed by atoms with E-state index >= 15 is 0 Å². The van der Waals surface area contributed by atoms with Crippen molar-refractivity contribution in [3.05, 3.63) is 34.9 Å². The van der Waals surface area contributed by atoms with Crippen LogP contribution in [0.2, 0.25) is 5.02 Å². The van der Waals surface area contributed by atoms with Crippen LogP contribution >= 0.6 is 35.6 Å². The molecule has 9 heteroatoms. The second kappa shape index (κ2) is 12.6. The monoisotopic (exact) mass is 535 g/mol. The van der Waals surface area contributed by atoms with E-state index in [2.05, 4.69) is 22.0 Å². The van der Waals surface area contributed by atoms with Crippen LogP contribution in [-0.2, 0) is 16.1 Å². The van der Waals surface area contributed by atoms with Gasteiger partial charge in [0.15, 0.2) is 5.96 Å². The number of halogens is 2. The minimum Gasteiger partial charge on any atom is -0.379 e. The molecule has 0 radical (unpaired) electrons. The number of carbonyl (C=O) groups is 1. The quantitative estimate of drug-likeness (QED) is 0.343. The maximum absolute atomic E-state index is 12.7. The molecule has 3 rings (SSSR count). The van der Waals surface area contributed by atoms with E-state index in [1.54, 1.807) is 0 Å². The van der Waals surface area contributed by atoms with Gasteiger partial charge in [-0.15, -0.1) is 24.0 Å². The Balaban J connectivity index is 0.00000300. The van der Waals surface area contributed by atoms with E-state index in [9.17, 15) is 4.79 Å². The lowest BCUT2D eigenvalue weighted by atomic mass is 10.2. The standard InChI is InChI=1S/C20H30ClN5O2.HI/c1-2-22-20(23-7-8-24-11-13-28-14-12-24)26-10-9-25(19(27)16-26)15-17-3-5-18(21)6-4-17;/h3-6H,2,7-16H2,1H3,(H,22,23);1H. The molecule has 1 amide bonds. The van der Waals surface area contributed by atoms with Crippen molar-refractivity contribution in [2.45, 2.75) is 13.5 Å². The fourth-order valence-corrected chi connectivity index (χ4v) is 3.54. The van der Waals surface area contributed by atoms with Gasteiger partial charge in [-0.05, 0) is 24.6 Å². The van der Waals surface area contributed by atoms with Crippen LogP contribution in [-0.4, -0.2) is 92.1 Å². The highest BCUT2D eigenvalue weighted by Crippen LogP contribution is 2.13. The maximum Gasteiger partial charge on any atom is 0.242 e. The number of rotatable bonds is 6. The molecule has 2 saturated heterocycles. The highest BCUT2D eigenvalue weighted by molar-refractivity contribution is 14.0. The summed E-state index contributed by atoms with van der Waals surface area (Å²) in [5.74, 6) is 0.954. The van der Waals surface area contributed by atoms with Gasteiger partial charge in [0, 0.05) is 50.8 Å². The highest BCUT2D eigenvalue weighted by Gasteiger charge is 2.26. The number of aliphatic imine (C=N–C) groups is 1. The van der Waals surface area contributed by atoms with Crippen LogP contribution in [0.25, 0.3) is 0 Å². The Morgan fingerprint density at radius 1 is 1.17 bits per heavy atom. The molecule has 0 saturated carbocycles. The molecule has 2 aliphatic heterocycles. The predicted octanol–water partition coefficient (Wildman–Crippen LogP) is 1.90. The predicted molar refractivity (Wildman–Crippen MR) is 127 cm³/mol. The van der Waals surface area contributed by atoms with Crippen molar-refractivity contribution in [2.24, 2.45) is 4.99 Å². The van der Waals surface area contributed by atoms with Gasteiger partial charge in [0.2, 0.25) is 5.91 Å². The van der Waals surface area contributed by atoms with Crippen LogP contribution in [0.15, 0.2) is 29.3 Å². The molecule has 0 atom stereocenters. The lowest BCUT2D eigenvalue weighted by Crippen LogP contribution is -2.55. The SMILES string of the molecule is CCNC(=NCCN1CCOCC1)N1CCN(Cc2ccc(Cl)cc2)C(=O)C1.I. The van der Waals surface area contributed by atoms with Crippen molar-refractivity contribution in [3.63, 3.8) is 0 Å². The normalized spacial score (nSPS) is 18.6. The number of benzene rings is 1. The van der Waals surface area contributed by atoms with Gasteiger partial charge in [0.05, 0.1) is 26.3 Å². The molecule has 0 bridgehead atoms. The minimum atomic E-state index is 0. The lowest BCUT2D eigenvalue weighted by molar-refractivity contribution is -0.135. The van der Waals surface area contributed by atoms with Gasteiger partial charge >= 0.3 is 0 Å². The van der Waals surface area contributed by atoms with E-state index in [1.807, 2.05) is 29.2 Å². The number of hydrogen-bond acceptors (Lipinski definition) is 4. The zero-order chi connectivity index (χ0) is 19.8. The topological polar surface area (TPSA) is 60.4 Å². The Morgan fingerprint density at radius 2 is 1.90 bits per heavy atom. The molecule has 162 valence electrons. The van der Waals surface area contributed by atoms with E-state index in [-0.39, 0.29) is 29.9 Å². The van der Waals surface area contributed by atoms with Crippen molar-refractivity contribution in [1.82, 2.24) is 20.0 Å². The second-order valence-electron chi connectivity index (χ2n) is 7.05. The molecule has 2 aliphatic rings. The summed E-state index contributed by atoms with van der Waals surface area (Å²) in [5.41, 5.74) is 1.09. The van der Waals surface area contributed by atoms with Crippen molar-refractivity contribution >= 4 is 47.4 Å². The smallest absolute Gasteiger partial charge is 0.242 e. The first-order valence-electron chi connectivity index (χ1n) is 10.0.